The molecule has 1 aliphatic carbocycles. The SMILES string of the molecule is CS(=O)(=O)N[C@H]1CCCC[C@@H]1N1C(=O)c2ccccc2[C@@H](C(=O)NOCc2ccc(OCC(=O)O)cc2)[C@@H]1c1ccc(Cl)cc1. The number of amides is 2. The van der Waals surface area contributed by atoms with Gasteiger partial charge in [0.15, 0.2) is 6.61 Å². The minimum absolute atomic E-state index is 0.0105. The average molecular weight is 656 g/mol. The number of hydrogen-bond acceptors (Lipinski definition) is 7. The summed E-state index contributed by atoms with van der Waals surface area (Å²) in [5, 5.41) is 9.28. The number of fused-ring (bicyclic) bond motifs is 1. The largest absolute Gasteiger partial charge is 0.482 e. The van der Waals surface area contributed by atoms with Crippen molar-refractivity contribution in [3.63, 3.8) is 0 Å². The standard InChI is InChI=1S/C32H34ClN3O8S/c1-45(41,42)35-26-8-4-5-9-27(26)36-30(21-12-14-22(33)15-13-21)29(24-6-2-3-7-25(24)32(36)40)31(39)34-44-18-20-10-16-23(17-11-20)43-19-28(37)38/h2-3,6-7,10-17,26-27,29-30,35H,4-5,8-9,18-19H2,1H3,(H,34,39)(H,37,38)/t26-,27-,29+,30-/m0/s1. The molecule has 5 rings (SSSR count). The third-order valence-corrected chi connectivity index (χ3v) is 9.00. The predicted molar refractivity (Wildman–Crippen MR) is 166 cm³/mol. The van der Waals surface area contributed by atoms with Gasteiger partial charge in [-0.2, -0.15) is 0 Å². The maximum absolute atomic E-state index is 14.3. The molecule has 45 heavy (non-hydrogen) atoms. The van der Waals surface area contributed by atoms with E-state index < -0.39 is 52.6 Å². The molecule has 1 heterocycles. The highest BCUT2D eigenvalue weighted by molar-refractivity contribution is 7.88. The Hall–Kier alpha value is -3.97. The third kappa shape index (κ3) is 7.82. The van der Waals surface area contributed by atoms with Gasteiger partial charge in [0.25, 0.3) is 11.8 Å². The van der Waals surface area contributed by atoms with Crippen LogP contribution in [0.3, 0.4) is 0 Å². The Morgan fingerprint density at radius 1 is 1.00 bits per heavy atom. The van der Waals surface area contributed by atoms with Gasteiger partial charge in [-0.3, -0.25) is 14.4 Å². The summed E-state index contributed by atoms with van der Waals surface area (Å²) in [5.74, 6) is -2.37. The Kier molecular flexibility index (Phi) is 10.1. The Labute approximate surface area is 266 Å². The van der Waals surface area contributed by atoms with Gasteiger partial charge in [0.1, 0.15) is 5.75 Å². The number of nitrogens with zero attached hydrogens (tertiary/aromatic N) is 1. The highest BCUT2D eigenvalue weighted by Gasteiger charge is 2.49. The lowest BCUT2D eigenvalue weighted by Crippen LogP contribution is -2.59. The fourth-order valence-electron chi connectivity index (χ4n) is 6.15. The summed E-state index contributed by atoms with van der Waals surface area (Å²) >= 11 is 6.22. The molecule has 2 amide bonds. The molecule has 1 fully saturated rings. The Balaban J connectivity index is 1.46. The number of aliphatic carboxylic acids is 1. The normalized spacial score (nSPS) is 21.6. The van der Waals surface area contributed by atoms with E-state index >= 15 is 0 Å². The molecule has 4 atom stereocenters. The second-order valence-electron chi connectivity index (χ2n) is 11.2. The van der Waals surface area contributed by atoms with E-state index in [-0.39, 0.29) is 12.5 Å². The number of carboxylic acids is 1. The van der Waals surface area contributed by atoms with Crippen molar-refractivity contribution in [3.05, 3.63) is 100 Å². The molecule has 13 heteroatoms. The lowest BCUT2D eigenvalue weighted by atomic mass is 9.76. The zero-order valence-electron chi connectivity index (χ0n) is 24.5. The summed E-state index contributed by atoms with van der Waals surface area (Å²) in [6, 6.07) is 18.6. The first-order chi connectivity index (χ1) is 21.5. The van der Waals surface area contributed by atoms with Crippen LogP contribution in [0.1, 0.15) is 64.7 Å². The van der Waals surface area contributed by atoms with Crippen molar-refractivity contribution in [3.8, 4) is 5.75 Å². The van der Waals surface area contributed by atoms with Crippen molar-refractivity contribution in [2.24, 2.45) is 0 Å². The molecule has 0 radical (unpaired) electrons. The Morgan fingerprint density at radius 3 is 2.38 bits per heavy atom. The molecule has 3 aromatic rings. The highest BCUT2D eigenvalue weighted by Crippen LogP contribution is 2.46. The first-order valence-corrected chi connectivity index (χ1v) is 16.8. The highest BCUT2D eigenvalue weighted by atomic mass is 35.5. The van der Waals surface area contributed by atoms with Crippen LogP contribution in [0.25, 0.3) is 0 Å². The van der Waals surface area contributed by atoms with E-state index in [0.717, 1.165) is 19.1 Å². The third-order valence-electron chi connectivity index (χ3n) is 8.02. The minimum atomic E-state index is -3.58. The van der Waals surface area contributed by atoms with Crippen LogP contribution < -0.4 is 14.9 Å². The smallest absolute Gasteiger partial charge is 0.341 e. The maximum atomic E-state index is 14.3. The van der Waals surface area contributed by atoms with Crippen LogP contribution in [0.15, 0.2) is 72.8 Å². The number of carboxylic acid groups (broad SMARTS) is 1. The summed E-state index contributed by atoms with van der Waals surface area (Å²) in [4.78, 5) is 46.4. The van der Waals surface area contributed by atoms with Gasteiger partial charge in [0, 0.05) is 22.7 Å². The summed E-state index contributed by atoms with van der Waals surface area (Å²) in [7, 11) is -3.58. The van der Waals surface area contributed by atoms with E-state index in [2.05, 4.69) is 10.2 Å². The van der Waals surface area contributed by atoms with Gasteiger partial charge in [-0.15, -0.1) is 0 Å². The van der Waals surface area contributed by atoms with Gasteiger partial charge in [0.2, 0.25) is 10.0 Å². The van der Waals surface area contributed by atoms with E-state index in [1.165, 1.54) is 0 Å². The van der Waals surface area contributed by atoms with Crippen molar-refractivity contribution in [1.82, 2.24) is 15.1 Å². The predicted octanol–water partition coefficient (Wildman–Crippen LogP) is 4.19. The van der Waals surface area contributed by atoms with Crippen LogP contribution >= 0.6 is 11.6 Å². The number of hydroxylamine groups is 1. The lowest BCUT2D eigenvalue weighted by Gasteiger charge is -2.49. The first-order valence-electron chi connectivity index (χ1n) is 14.5. The first kappa shape index (κ1) is 32.4. The minimum Gasteiger partial charge on any atom is -0.482 e. The summed E-state index contributed by atoms with van der Waals surface area (Å²) in [6.07, 6.45) is 3.81. The van der Waals surface area contributed by atoms with E-state index in [1.54, 1.807) is 77.7 Å². The van der Waals surface area contributed by atoms with Gasteiger partial charge in [-0.05, 0) is 59.9 Å². The topological polar surface area (TPSA) is 151 Å². The molecule has 11 nitrogen and oxygen atoms in total. The molecule has 0 bridgehead atoms. The van der Waals surface area contributed by atoms with Crippen LogP contribution in [0.5, 0.6) is 5.75 Å². The molecule has 1 saturated carbocycles. The van der Waals surface area contributed by atoms with Crippen molar-refractivity contribution in [1.29, 1.82) is 0 Å². The van der Waals surface area contributed by atoms with E-state index in [4.69, 9.17) is 26.3 Å². The molecule has 0 aromatic heterocycles. The maximum Gasteiger partial charge on any atom is 0.341 e. The fraction of sp³-hybridized carbons (Fsp3) is 0.344. The van der Waals surface area contributed by atoms with Crippen LogP contribution in [0.4, 0.5) is 0 Å². The molecule has 0 spiro atoms. The fourth-order valence-corrected chi connectivity index (χ4v) is 7.10. The van der Waals surface area contributed by atoms with Gasteiger partial charge in [-0.25, -0.2) is 23.4 Å². The van der Waals surface area contributed by atoms with Gasteiger partial charge < -0.3 is 14.7 Å². The number of benzene rings is 3. The molecule has 2 aliphatic rings. The van der Waals surface area contributed by atoms with Crippen LogP contribution in [-0.2, 0) is 31.1 Å². The molecular formula is C32H34ClN3O8S. The van der Waals surface area contributed by atoms with Crippen molar-refractivity contribution in [2.75, 3.05) is 12.9 Å². The molecular weight excluding hydrogens is 622 g/mol. The summed E-state index contributed by atoms with van der Waals surface area (Å²) < 4.78 is 32.6. The summed E-state index contributed by atoms with van der Waals surface area (Å²) in [5.41, 5.74) is 4.84. The van der Waals surface area contributed by atoms with E-state index in [9.17, 15) is 22.8 Å². The number of sulfonamides is 1. The second kappa shape index (κ2) is 14.0. The molecule has 0 saturated heterocycles. The lowest BCUT2D eigenvalue weighted by molar-refractivity contribution is -0.139. The number of nitrogens with one attached hydrogen (secondary N) is 2. The second-order valence-corrected chi connectivity index (χ2v) is 13.4. The van der Waals surface area contributed by atoms with Crippen molar-refractivity contribution < 1.29 is 37.5 Å². The van der Waals surface area contributed by atoms with Crippen LogP contribution in [0.2, 0.25) is 5.02 Å². The van der Waals surface area contributed by atoms with Crippen molar-refractivity contribution >= 4 is 39.4 Å². The zero-order chi connectivity index (χ0) is 32.1. The quantitative estimate of drug-likeness (QED) is 0.260. The number of halogens is 1. The van der Waals surface area contributed by atoms with E-state index in [1.807, 2.05) is 0 Å². The van der Waals surface area contributed by atoms with Gasteiger partial charge >= 0.3 is 5.97 Å². The van der Waals surface area contributed by atoms with Gasteiger partial charge in [0.05, 0.1) is 24.8 Å². The van der Waals surface area contributed by atoms with Gasteiger partial charge in [-0.1, -0.05) is 66.9 Å². The number of carbonyl (C=O) groups is 3. The van der Waals surface area contributed by atoms with E-state index in [0.29, 0.717) is 45.9 Å². The molecule has 0 unspecified atom stereocenters. The monoisotopic (exact) mass is 655 g/mol. The Bertz CT molecular complexity index is 1650. The average Bonchev–Trinajstić information content (AvgIpc) is 3.01. The molecule has 238 valence electrons. The number of carbonyl (C=O) groups excluding carboxylic acids is 2. The molecule has 3 N–H and O–H groups in total. The Morgan fingerprint density at radius 2 is 1.69 bits per heavy atom. The van der Waals surface area contributed by atoms with Crippen LogP contribution in [0, 0.1) is 0 Å². The zero-order valence-corrected chi connectivity index (χ0v) is 26.1. The number of ether oxygens (including phenoxy) is 1. The number of hydrogen-bond donors (Lipinski definition) is 3. The van der Waals surface area contributed by atoms with Crippen molar-refractivity contribution in [2.45, 2.75) is 56.3 Å². The molecule has 3 aromatic carbocycles. The number of rotatable bonds is 11. The molecule has 1 aliphatic heterocycles. The van der Waals surface area contributed by atoms with Crippen LogP contribution in [-0.4, -0.2) is 61.2 Å². The summed E-state index contributed by atoms with van der Waals surface area (Å²) in [6.45, 7) is -0.453.